The maximum absolute atomic E-state index is 13.8. The van der Waals surface area contributed by atoms with Crippen LogP contribution in [0.25, 0.3) is 0 Å². The van der Waals surface area contributed by atoms with Gasteiger partial charge in [-0.05, 0) is 41.0 Å². The number of nitrogens with one attached hydrogen (secondary N) is 2. The third kappa shape index (κ3) is 3.39. The van der Waals surface area contributed by atoms with Gasteiger partial charge in [0.25, 0.3) is 0 Å². The van der Waals surface area contributed by atoms with E-state index in [2.05, 4.69) is 76.2 Å². The highest BCUT2D eigenvalue weighted by Gasteiger charge is 2.64. The van der Waals surface area contributed by atoms with E-state index in [1.54, 1.807) is 11.8 Å². The molecule has 8 heteroatoms. The van der Waals surface area contributed by atoms with Crippen molar-refractivity contribution in [1.82, 2.24) is 30.8 Å². The summed E-state index contributed by atoms with van der Waals surface area (Å²) in [4.78, 5) is 15.7. The number of rotatable bonds is 6. The van der Waals surface area contributed by atoms with E-state index in [4.69, 9.17) is 0 Å². The minimum absolute atomic E-state index is 0.0388. The van der Waals surface area contributed by atoms with Crippen molar-refractivity contribution < 1.29 is 4.79 Å². The SMILES string of the molecule is CC1(C)S[C@@H]2C(NC(c3ccccc3)(c3ccccc3)c3ccccc3)C(=O)N2C1c1nnn[nH]1. The molecule has 0 saturated carbocycles. The van der Waals surface area contributed by atoms with Gasteiger partial charge in [0.2, 0.25) is 5.91 Å². The lowest BCUT2D eigenvalue weighted by Crippen LogP contribution is -2.70. The van der Waals surface area contributed by atoms with Crippen LogP contribution in [0.4, 0.5) is 0 Å². The van der Waals surface area contributed by atoms with Crippen LogP contribution in [0, 0.1) is 0 Å². The molecule has 2 fully saturated rings. The summed E-state index contributed by atoms with van der Waals surface area (Å²) in [5.74, 6) is 0.680. The molecule has 3 atom stereocenters. The van der Waals surface area contributed by atoms with Crippen molar-refractivity contribution in [3.8, 4) is 0 Å². The minimum Gasteiger partial charge on any atom is -0.315 e. The Kier molecular flexibility index (Phi) is 5.23. The largest absolute Gasteiger partial charge is 0.315 e. The first-order chi connectivity index (χ1) is 17.0. The number of thioether (sulfide) groups is 1. The van der Waals surface area contributed by atoms with Crippen molar-refractivity contribution in [2.45, 2.75) is 41.6 Å². The van der Waals surface area contributed by atoms with E-state index in [1.165, 1.54) is 0 Å². The Morgan fingerprint density at radius 1 is 0.886 bits per heavy atom. The standard InChI is InChI=1S/C27H26N6OS/c1-26(2)22(23-29-31-32-30-23)33-24(34)21(25(33)35-26)28-27(18-12-6-3-7-13-18,19-14-8-4-9-15-19)20-16-10-5-11-17-20/h3-17,21-22,25,28H,1-2H3,(H,29,30,31,32)/t21?,22?,25-/m1/s1. The molecule has 0 aliphatic carbocycles. The third-order valence-electron chi connectivity index (χ3n) is 7.05. The lowest BCUT2D eigenvalue weighted by atomic mass is 9.76. The van der Waals surface area contributed by atoms with Crippen molar-refractivity contribution in [3.05, 3.63) is 114 Å². The van der Waals surface area contributed by atoms with Crippen molar-refractivity contribution >= 4 is 17.7 Å². The van der Waals surface area contributed by atoms with Crippen molar-refractivity contribution in [2.75, 3.05) is 0 Å². The molecule has 2 saturated heterocycles. The minimum atomic E-state index is -0.702. The van der Waals surface area contributed by atoms with Crippen LogP contribution in [0.3, 0.4) is 0 Å². The number of β-lactam (4-membered cyclic amide) rings is 1. The molecule has 4 aromatic rings. The zero-order chi connectivity index (χ0) is 24.0. The molecule has 0 spiro atoms. The number of carbonyl (C=O) groups is 1. The number of hydrogen-bond acceptors (Lipinski definition) is 6. The van der Waals surface area contributed by atoms with Gasteiger partial charge in [0.15, 0.2) is 5.82 Å². The van der Waals surface area contributed by atoms with Gasteiger partial charge in [-0.3, -0.25) is 10.1 Å². The first-order valence-corrected chi connectivity index (χ1v) is 12.6. The first-order valence-electron chi connectivity index (χ1n) is 11.7. The number of carbonyl (C=O) groups excluding carboxylic acids is 1. The quantitative estimate of drug-likeness (QED) is 0.320. The Labute approximate surface area is 208 Å². The molecule has 7 nitrogen and oxygen atoms in total. The Hall–Kier alpha value is -3.49. The topological polar surface area (TPSA) is 86.8 Å². The summed E-state index contributed by atoms with van der Waals surface area (Å²) in [6, 6.07) is 30.5. The van der Waals surface area contributed by atoms with Crippen LogP contribution in [0.5, 0.6) is 0 Å². The van der Waals surface area contributed by atoms with E-state index in [1.807, 2.05) is 59.5 Å². The van der Waals surface area contributed by atoms with Crippen molar-refractivity contribution in [3.63, 3.8) is 0 Å². The summed E-state index contributed by atoms with van der Waals surface area (Å²) < 4.78 is -0.243. The number of fused-ring (bicyclic) bond motifs is 1. The predicted octanol–water partition coefficient (Wildman–Crippen LogP) is 3.88. The highest BCUT2D eigenvalue weighted by atomic mass is 32.2. The zero-order valence-electron chi connectivity index (χ0n) is 19.5. The number of H-pyrrole nitrogens is 1. The fourth-order valence-electron chi connectivity index (χ4n) is 5.52. The lowest BCUT2D eigenvalue weighted by molar-refractivity contribution is -0.150. The molecule has 0 bridgehead atoms. The average molecular weight is 483 g/mol. The Morgan fingerprint density at radius 3 is 1.86 bits per heavy atom. The molecule has 2 unspecified atom stereocenters. The number of hydrogen-bond donors (Lipinski definition) is 2. The third-order valence-corrected chi connectivity index (χ3v) is 8.63. The summed E-state index contributed by atoms with van der Waals surface area (Å²) >= 11 is 1.79. The van der Waals surface area contributed by atoms with Crippen molar-refractivity contribution in [2.24, 2.45) is 0 Å². The van der Waals surface area contributed by atoms with E-state index < -0.39 is 5.54 Å². The maximum Gasteiger partial charge on any atom is 0.244 e. The van der Waals surface area contributed by atoms with Crippen molar-refractivity contribution in [1.29, 1.82) is 0 Å². The fourth-order valence-corrected chi connectivity index (χ4v) is 7.16. The van der Waals surface area contributed by atoms with Crippen LogP contribution >= 0.6 is 11.8 Å². The molecule has 1 aromatic heterocycles. The fraction of sp³-hybridized carbons (Fsp3) is 0.259. The van der Waals surface area contributed by atoms with Crippen LogP contribution in [-0.2, 0) is 10.3 Å². The Bertz CT molecular complexity index is 1220. The second-order valence-electron chi connectivity index (χ2n) is 9.52. The van der Waals surface area contributed by atoms with Gasteiger partial charge in [0, 0.05) is 4.75 Å². The van der Waals surface area contributed by atoms with Crippen LogP contribution in [0.15, 0.2) is 91.0 Å². The molecule has 0 radical (unpaired) electrons. The molecule has 2 aliphatic rings. The monoisotopic (exact) mass is 482 g/mol. The van der Waals surface area contributed by atoms with Gasteiger partial charge in [-0.2, -0.15) is 0 Å². The molecule has 35 heavy (non-hydrogen) atoms. The van der Waals surface area contributed by atoms with Crippen LogP contribution in [0.2, 0.25) is 0 Å². The molecule has 2 aliphatic heterocycles. The molecular formula is C27H26N6OS. The second kappa shape index (κ2) is 8.32. The Balaban J connectivity index is 1.46. The highest BCUT2D eigenvalue weighted by Crippen LogP contribution is 2.57. The summed E-state index contributed by atoms with van der Waals surface area (Å²) in [6.07, 6.45) is 0. The molecule has 3 heterocycles. The lowest BCUT2D eigenvalue weighted by Gasteiger charge is -2.49. The molecule has 6 rings (SSSR count). The second-order valence-corrected chi connectivity index (χ2v) is 11.3. The van der Waals surface area contributed by atoms with Gasteiger partial charge >= 0.3 is 0 Å². The average Bonchev–Trinajstić information content (AvgIpc) is 3.50. The summed E-state index contributed by atoms with van der Waals surface area (Å²) in [5.41, 5.74) is 2.55. The van der Waals surface area contributed by atoms with Gasteiger partial charge in [-0.1, -0.05) is 91.0 Å². The summed E-state index contributed by atoms with van der Waals surface area (Å²) in [7, 11) is 0. The number of tetrazole rings is 1. The first kappa shape index (κ1) is 22.0. The normalized spacial score (nSPS) is 23.1. The van der Waals surface area contributed by atoms with Crippen LogP contribution in [-0.4, -0.2) is 47.6 Å². The van der Waals surface area contributed by atoms with Gasteiger partial charge in [0.05, 0.1) is 5.54 Å². The van der Waals surface area contributed by atoms with Crippen LogP contribution in [0.1, 0.15) is 42.4 Å². The number of nitrogens with zero attached hydrogens (tertiary/aromatic N) is 4. The van der Waals surface area contributed by atoms with Gasteiger partial charge < -0.3 is 4.90 Å². The number of aromatic nitrogens is 4. The zero-order valence-corrected chi connectivity index (χ0v) is 20.3. The Morgan fingerprint density at radius 2 is 1.40 bits per heavy atom. The van der Waals surface area contributed by atoms with E-state index >= 15 is 0 Å². The molecular weight excluding hydrogens is 456 g/mol. The van der Waals surface area contributed by atoms with E-state index in [0.29, 0.717) is 5.82 Å². The summed E-state index contributed by atoms with van der Waals surface area (Å²) in [6.45, 7) is 4.29. The molecule has 3 aromatic carbocycles. The summed E-state index contributed by atoms with van der Waals surface area (Å²) in [5, 5.41) is 18.4. The molecule has 176 valence electrons. The number of benzene rings is 3. The maximum atomic E-state index is 13.8. The smallest absolute Gasteiger partial charge is 0.244 e. The van der Waals surface area contributed by atoms with Gasteiger partial charge in [0.1, 0.15) is 17.5 Å². The van der Waals surface area contributed by atoms with E-state index in [0.717, 1.165) is 16.7 Å². The van der Waals surface area contributed by atoms with E-state index in [9.17, 15) is 4.79 Å². The molecule has 2 N–H and O–H groups in total. The van der Waals surface area contributed by atoms with Crippen LogP contribution < -0.4 is 5.32 Å². The number of amides is 1. The number of aromatic amines is 1. The molecule has 1 amide bonds. The van der Waals surface area contributed by atoms with Gasteiger partial charge in [-0.15, -0.1) is 16.9 Å². The highest BCUT2D eigenvalue weighted by molar-refractivity contribution is 8.01. The van der Waals surface area contributed by atoms with Gasteiger partial charge in [-0.25, -0.2) is 5.10 Å². The van der Waals surface area contributed by atoms with E-state index in [-0.39, 0.29) is 28.1 Å². The predicted molar refractivity (Wildman–Crippen MR) is 135 cm³/mol.